The number of halogens is 2. The molecule has 218 valence electrons. The smallest absolute Gasteiger partial charge is 0.233 e. The van der Waals surface area contributed by atoms with E-state index in [-0.39, 0.29) is 30.8 Å². The van der Waals surface area contributed by atoms with Crippen LogP contribution in [0.2, 0.25) is 0 Å². The van der Waals surface area contributed by atoms with Crippen molar-refractivity contribution in [2.24, 2.45) is 5.41 Å². The minimum Gasteiger partial charge on any atom is -0.391 e. The lowest BCUT2D eigenvalue weighted by Gasteiger charge is -2.37. The minimum absolute atomic E-state index is 0.107. The first-order valence-electron chi connectivity index (χ1n) is 13.7. The van der Waals surface area contributed by atoms with Gasteiger partial charge in [-0.3, -0.25) is 4.79 Å². The molecule has 0 radical (unpaired) electrons. The number of carbonyl (C=O) groups is 1. The zero-order valence-corrected chi connectivity index (χ0v) is 22.9. The Morgan fingerprint density at radius 1 is 1.07 bits per heavy atom. The molecule has 0 saturated carbocycles. The van der Waals surface area contributed by atoms with Crippen LogP contribution in [0.3, 0.4) is 0 Å². The fourth-order valence-electron chi connectivity index (χ4n) is 5.07. The number of H-pyrrole nitrogens is 1. The van der Waals surface area contributed by atoms with Crippen molar-refractivity contribution in [3.63, 3.8) is 0 Å². The molecule has 2 aliphatic rings. The van der Waals surface area contributed by atoms with Crippen molar-refractivity contribution in [1.29, 1.82) is 0 Å². The summed E-state index contributed by atoms with van der Waals surface area (Å²) < 4.78 is 39.0. The zero-order chi connectivity index (χ0) is 29.3. The molecule has 2 aromatic heterocycles. The summed E-state index contributed by atoms with van der Waals surface area (Å²) >= 11 is 0. The van der Waals surface area contributed by atoms with Crippen LogP contribution in [0.5, 0.6) is 0 Å². The van der Waals surface area contributed by atoms with Crippen LogP contribution in [0, 0.1) is 17.0 Å². The van der Waals surface area contributed by atoms with Crippen LogP contribution in [0.25, 0.3) is 22.6 Å². The van der Waals surface area contributed by atoms with Gasteiger partial charge >= 0.3 is 0 Å². The fraction of sp³-hybridized carbons (Fsp3) is 0.333. The molecule has 2 saturated heterocycles. The SMILES string of the molecule is CC1(C(=O)N2CCC(O)C2)COC(c2nc(-c3ccc(F)cc3)c(-c3ccnc(NCc4ccc(F)cc4)n3)[nH]2)OC1. The van der Waals surface area contributed by atoms with Gasteiger partial charge in [0.15, 0.2) is 5.82 Å². The topological polar surface area (TPSA) is 125 Å². The summed E-state index contributed by atoms with van der Waals surface area (Å²) in [5, 5.41) is 13.0. The quantitative estimate of drug-likeness (QED) is 0.301. The molecule has 6 rings (SSSR count). The van der Waals surface area contributed by atoms with Crippen LogP contribution in [0.1, 0.15) is 31.0 Å². The van der Waals surface area contributed by atoms with Crippen molar-refractivity contribution in [3.8, 4) is 22.6 Å². The number of benzene rings is 2. The molecule has 0 bridgehead atoms. The van der Waals surface area contributed by atoms with Gasteiger partial charge in [-0.25, -0.2) is 23.7 Å². The molecule has 2 aliphatic heterocycles. The molecule has 2 fully saturated rings. The number of aliphatic hydroxyl groups excluding tert-OH is 1. The minimum atomic E-state index is -0.895. The van der Waals surface area contributed by atoms with Gasteiger partial charge in [0, 0.05) is 31.4 Å². The lowest BCUT2D eigenvalue weighted by atomic mass is 9.90. The predicted octanol–water partition coefficient (Wildman–Crippen LogP) is 4.07. The van der Waals surface area contributed by atoms with Gasteiger partial charge in [-0.15, -0.1) is 0 Å². The van der Waals surface area contributed by atoms with Gasteiger partial charge in [0.05, 0.1) is 41.8 Å². The number of ether oxygens (including phenoxy) is 2. The predicted molar refractivity (Wildman–Crippen MR) is 149 cm³/mol. The van der Waals surface area contributed by atoms with Crippen molar-refractivity contribution in [1.82, 2.24) is 24.8 Å². The van der Waals surface area contributed by atoms with E-state index in [1.54, 1.807) is 48.4 Å². The highest BCUT2D eigenvalue weighted by Gasteiger charge is 2.44. The highest BCUT2D eigenvalue weighted by molar-refractivity contribution is 5.83. The third-order valence-corrected chi connectivity index (χ3v) is 7.41. The molecule has 2 aromatic carbocycles. The Labute approximate surface area is 240 Å². The van der Waals surface area contributed by atoms with Crippen LogP contribution >= 0.6 is 0 Å². The second kappa shape index (κ2) is 11.6. The van der Waals surface area contributed by atoms with Crippen molar-refractivity contribution < 1.29 is 28.2 Å². The summed E-state index contributed by atoms with van der Waals surface area (Å²) in [4.78, 5) is 31.7. The maximum Gasteiger partial charge on any atom is 0.233 e. The monoisotopic (exact) mass is 576 g/mol. The molecule has 4 aromatic rings. The van der Waals surface area contributed by atoms with E-state index in [2.05, 4.69) is 20.3 Å². The number of nitrogens with zero attached hydrogens (tertiary/aromatic N) is 4. The second-order valence-electron chi connectivity index (χ2n) is 10.8. The Morgan fingerprint density at radius 2 is 1.76 bits per heavy atom. The molecule has 1 atom stereocenters. The van der Waals surface area contributed by atoms with Crippen LogP contribution in [0.15, 0.2) is 60.8 Å². The van der Waals surface area contributed by atoms with Gasteiger partial charge in [-0.1, -0.05) is 12.1 Å². The zero-order valence-electron chi connectivity index (χ0n) is 22.9. The van der Waals surface area contributed by atoms with Crippen molar-refractivity contribution in [3.05, 3.63) is 83.8 Å². The van der Waals surface area contributed by atoms with E-state index >= 15 is 0 Å². The van der Waals surface area contributed by atoms with E-state index in [1.807, 2.05) is 0 Å². The Balaban J connectivity index is 1.24. The maximum absolute atomic E-state index is 13.7. The van der Waals surface area contributed by atoms with E-state index in [1.165, 1.54) is 24.3 Å². The summed E-state index contributed by atoms with van der Waals surface area (Å²) in [7, 11) is 0. The average Bonchev–Trinajstić information content (AvgIpc) is 3.64. The standard InChI is InChI=1S/C30H30F2N6O4/c1-30(28(40)38-13-11-22(39)15-38)16-41-27(42-17-30)26-36-24(19-4-8-21(32)9-5-19)25(37-26)23-10-12-33-29(35-23)34-14-18-2-6-20(31)7-3-18/h2-10,12,22,27,39H,11,13-17H2,1H3,(H,36,37)(H,33,34,35). The fourth-order valence-corrected chi connectivity index (χ4v) is 5.07. The third-order valence-electron chi connectivity index (χ3n) is 7.41. The Kier molecular flexibility index (Phi) is 7.67. The lowest BCUT2D eigenvalue weighted by Crippen LogP contribution is -2.49. The van der Waals surface area contributed by atoms with Gasteiger partial charge < -0.3 is 29.8 Å². The largest absolute Gasteiger partial charge is 0.391 e. The van der Waals surface area contributed by atoms with E-state index in [0.29, 0.717) is 60.5 Å². The van der Waals surface area contributed by atoms with Gasteiger partial charge in [0.1, 0.15) is 11.6 Å². The van der Waals surface area contributed by atoms with Crippen LogP contribution in [-0.4, -0.2) is 68.3 Å². The van der Waals surface area contributed by atoms with Gasteiger partial charge in [-0.2, -0.15) is 0 Å². The number of aliphatic hydroxyl groups is 1. The van der Waals surface area contributed by atoms with Gasteiger partial charge in [-0.05, 0) is 61.4 Å². The third kappa shape index (κ3) is 5.87. The molecule has 1 amide bonds. The van der Waals surface area contributed by atoms with E-state index in [9.17, 15) is 18.7 Å². The summed E-state index contributed by atoms with van der Waals surface area (Å²) in [6.45, 7) is 3.20. The normalized spacial score (nSPS) is 22.3. The molecule has 12 heteroatoms. The molecular formula is C30H30F2N6O4. The molecule has 42 heavy (non-hydrogen) atoms. The number of likely N-dealkylation sites (tertiary alicyclic amines) is 1. The number of rotatable bonds is 7. The maximum atomic E-state index is 13.7. The van der Waals surface area contributed by atoms with E-state index in [0.717, 1.165) is 5.56 Å². The Hall–Kier alpha value is -4.26. The van der Waals surface area contributed by atoms with Crippen molar-refractivity contribution in [2.45, 2.75) is 32.3 Å². The number of hydrogen-bond acceptors (Lipinski definition) is 8. The number of β-amino-alcohol motifs (C(OH)–C–C–N with tert-alkyl or cyclic N) is 1. The van der Waals surface area contributed by atoms with Crippen LogP contribution in [0.4, 0.5) is 14.7 Å². The van der Waals surface area contributed by atoms with Gasteiger partial charge in [0.2, 0.25) is 18.1 Å². The first-order chi connectivity index (χ1) is 20.3. The molecule has 4 heterocycles. The molecule has 1 unspecified atom stereocenters. The first kappa shape index (κ1) is 27.9. The molecule has 10 nitrogen and oxygen atoms in total. The number of hydrogen-bond donors (Lipinski definition) is 3. The van der Waals surface area contributed by atoms with E-state index < -0.39 is 17.8 Å². The number of nitrogens with one attached hydrogen (secondary N) is 2. The number of amides is 1. The Morgan fingerprint density at radius 3 is 2.43 bits per heavy atom. The number of anilines is 1. The number of imidazole rings is 1. The highest BCUT2D eigenvalue weighted by atomic mass is 19.1. The molecule has 0 aliphatic carbocycles. The first-order valence-corrected chi connectivity index (χ1v) is 13.7. The number of aromatic nitrogens is 4. The summed E-state index contributed by atoms with van der Waals surface area (Å²) in [5.74, 6) is -0.0848. The number of aromatic amines is 1. The molecular weight excluding hydrogens is 546 g/mol. The van der Waals surface area contributed by atoms with Gasteiger partial charge in [0.25, 0.3) is 0 Å². The van der Waals surface area contributed by atoms with Crippen molar-refractivity contribution >= 4 is 11.9 Å². The highest BCUT2D eigenvalue weighted by Crippen LogP contribution is 2.36. The van der Waals surface area contributed by atoms with Crippen LogP contribution < -0.4 is 5.32 Å². The molecule has 3 N–H and O–H groups in total. The van der Waals surface area contributed by atoms with Crippen LogP contribution in [-0.2, 0) is 20.8 Å². The average molecular weight is 577 g/mol. The molecule has 0 spiro atoms. The van der Waals surface area contributed by atoms with E-state index in [4.69, 9.17) is 14.5 Å². The lowest BCUT2D eigenvalue weighted by molar-refractivity contribution is -0.234. The number of carbonyl (C=O) groups excluding carboxylic acids is 1. The summed E-state index contributed by atoms with van der Waals surface area (Å²) in [6.07, 6.45) is 0.771. The Bertz CT molecular complexity index is 1560. The van der Waals surface area contributed by atoms with Crippen molar-refractivity contribution in [2.75, 3.05) is 31.6 Å². The second-order valence-corrected chi connectivity index (χ2v) is 10.8. The summed E-state index contributed by atoms with van der Waals surface area (Å²) in [5.41, 5.74) is 2.19. The summed E-state index contributed by atoms with van der Waals surface area (Å²) in [6, 6.07) is 13.8.